The van der Waals surface area contributed by atoms with Crippen molar-refractivity contribution in [3.63, 3.8) is 0 Å². The zero-order valence-electron chi connectivity index (χ0n) is 9.26. The van der Waals surface area contributed by atoms with Gasteiger partial charge < -0.3 is 14.9 Å². The van der Waals surface area contributed by atoms with E-state index in [9.17, 15) is 0 Å². The summed E-state index contributed by atoms with van der Waals surface area (Å²) in [5.41, 5.74) is 7.79. The molecule has 90 valence electrons. The normalized spacial score (nSPS) is 10.7. The van der Waals surface area contributed by atoms with E-state index in [2.05, 4.69) is 20.9 Å². The number of rotatable bonds is 2. The van der Waals surface area contributed by atoms with Crippen LogP contribution in [0.4, 0.5) is 5.69 Å². The highest BCUT2D eigenvalue weighted by Crippen LogP contribution is 2.35. The summed E-state index contributed by atoms with van der Waals surface area (Å²) in [6, 6.07) is 12.9. The second-order valence-electron chi connectivity index (χ2n) is 3.71. The summed E-state index contributed by atoms with van der Waals surface area (Å²) in [6.45, 7) is 0. The number of halogens is 1. The van der Waals surface area contributed by atoms with Gasteiger partial charge in [0.2, 0.25) is 0 Å². The van der Waals surface area contributed by atoms with Crippen molar-refractivity contribution in [1.29, 1.82) is 0 Å². The van der Waals surface area contributed by atoms with Crippen LogP contribution in [0.1, 0.15) is 0 Å². The van der Waals surface area contributed by atoms with Gasteiger partial charge in [-0.05, 0) is 40.2 Å². The van der Waals surface area contributed by atoms with Gasteiger partial charge in [0.05, 0.1) is 10.2 Å². The first-order valence-corrected chi connectivity index (χ1v) is 6.11. The number of anilines is 1. The summed E-state index contributed by atoms with van der Waals surface area (Å²) < 4.78 is 11.8. The number of para-hydroxylation sites is 3. The number of fused-ring (bicyclic) bond motifs is 1. The predicted molar refractivity (Wildman–Crippen MR) is 72.6 cm³/mol. The van der Waals surface area contributed by atoms with E-state index in [1.807, 2.05) is 36.4 Å². The molecule has 18 heavy (non-hydrogen) atoms. The van der Waals surface area contributed by atoms with Gasteiger partial charge in [-0.3, -0.25) is 0 Å². The Morgan fingerprint density at radius 2 is 1.94 bits per heavy atom. The van der Waals surface area contributed by atoms with E-state index < -0.39 is 0 Å². The Morgan fingerprint density at radius 1 is 1.11 bits per heavy atom. The van der Waals surface area contributed by atoms with E-state index in [1.165, 1.54) is 0 Å². The molecule has 0 unspecified atom stereocenters. The number of hydrogen-bond donors (Lipinski definition) is 1. The van der Waals surface area contributed by atoms with Crippen molar-refractivity contribution in [3.05, 3.63) is 46.9 Å². The summed E-state index contributed by atoms with van der Waals surface area (Å²) in [5.74, 6) is 0.504. The van der Waals surface area contributed by atoms with Gasteiger partial charge in [-0.25, -0.2) is 0 Å². The molecule has 1 heterocycles. The van der Waals surface area contributed by atoms with Gasteiger partial charge >= 0.3 is 6.08 Å². The van der Waals surface area contributed by atoms with Crippen LogP contribution in [-0.4, -0.2) is 4.98 Å². The predicted octanol–water partition coefficient (Wildman–Crippen LogP) is 3.96. The van der Waals surface area contributed by atoms with Crippen LogP contribution in [0.2, 0.25) is 0 Å². The zero-order valence-corrected chi connectivity index (χ0v) is 10.8. The fourth-order valence-electron chi connectivity index (χ4n) is 1.62. The average molecular weight is 305 g/mol. The molecule has 0 fully saturated rings. The minimum atomic E-state index is 0.176. The molecule has 3 rings (SSSR count). The lowest BCUT2D eigenvalue weighted by molar-refractivity contribution is 0.343. The Morgan fingerprint density at radius 3 is 2.72 bits per heavy atom. The number of nitrogen functional groups attached to an aromatic ring is 1. The number of aromatic nitrogens is 1. The van der Waals surface area contributed by atoms with Crippen LogP contribution in [0.15, 0.2) is 51.4 Å². The summed E-state index contributed by atoms with van der Waals surface area (Å²) >= 11 is 3.37. The van der Waals surface area contributed by atoms with Crippen molar-refractivity contribution >= 4 is 32.7 Å². The molecule has 0 atom stereocenters. The third-order valence-electron chi connectivity index (χ3n) is 2.46. The summed E-state index contributed by atoms with van der Waals surface area (Å²) in [5, 5.41) is 0. The summed E-state index contributed by atoms with van der Waals surface area (Å²) in [6.07, 6.45) is 0.176. The first-order valence-electron chi connectivity index (χ1n) is 5.31. The van der Waals surface area contributed by atoms with Crippen molar-refractivity contribution in [2.75, 3.05) is 5.73 Å². The summed E-state index contributed by atoms with van der Waals surface area (Å²) in [4.78, 5) is 4.22. The van der Waals surface area contributed by atoms with Crippen LogP contribution in [0, 0.1) is 0 Å². The molecule has 2 N–H and O–H groups in total. The Balaban J connectivity index is 2.01. The molecular weight excluding hydrogens is 296 g/mol. The topological polar surface area (TPSA) is 61.3 Å². The van der Waals surface area contributed by atoms with E-state index >= 15 is 0 Å². The fraction of sp³-hybridized carbons (Fsp3) is 0. The van der Waals surface area contributed by atoms with Crippen LogP contribution in [0.5, 0.6) is 11.8 Å². The molecule has 0 amide bonds. The molecule has 0 aliphatic carbocycles. The molecule has 0 saturated heterocycles. The number of nitrogens with two attached hydrogens (primary N) is 1. The third-order valence-corrected chi connectivity index (χ3v) is 3.09. The summed E-state index contributed by atoms with van der Waals surface area (Å²) in [7, 11) is 0. The third kappa shape index (κ3) is 1.93. The SMILES string of the molecule is Nc1cccc(Br)c1Oc1nc2ccccc2o1. The Hall–Kier alpha value is -2.01. The van der Waals surface area contributed by atoms with Gasteiger partial charge in [-0.1, -0.05) is 18.2 Å². The number of ether oxygens (including phenoxy) is 1. The highest BCUT2D eigenvalue weighted by molar-refractivity contribution is 9.10. The smallest absolute Gasteiger partial charge is 0.400 e. The second kappa shape index (κ2) is 4.34. The van der Waals surface area contributed by atoms with E-state index in [0.29, 0.717) is 17.0 Å². The van der Waals surface area contributed by atoms with Crippen molar-refractivity contribution in [2.24, 2.45) is 0 Å². The standard InChI is InChI=1S/C13H9BrN2O2/c14-8-4-3-5-9(15)12(8)18-13-16-10-6-1-2-7-11(10)17-13/h1-7H,15H2. The van der Waals surface area contributed by atoms with Gasteiger partial charge in [0.15, 0.2) is 11.3 Å². The Kier molecular flexibility index (Phi) is 2.68. The van der Waals surface area contributed by atoms with Crippen LogP contribution in [0.3, 0.4) is 0 Å². The highest BCUT2D eigenvalue weighted by atomic mass is 79.9. The molecule has 0 spiro atoms. The van der Waals surface area contributed by atoms with Gasteiger partial charge in [0.1, 0.15) is 5.52 Å². The average Bonchev–Trinajstić information content (AvgIpc) is 2.76. The first-order chi connectivity index (χ1) is 8.74. The maximum absolute atomic E-state index is 5.84. The molecule has 0 saturated carbocycles. The lowest BCUT2D eigenvalue weighted by Crippen LogP contribution is -1.92. The minimum absolute atomic E-state index is 0.176. The van der Waals surface area contributed by atoms with Crippen LogP contribution < -0.4 is 10.5 Å². The molecule has 4 nitrogen and oxygen atoms in total. The van der Waals surface area contributed by atoms with E-state index in [-0.39, 0.29) is 6.08 Å². The van der Waals surface area contributed by atoms with Crippen molar-refractivity contribution in [1.82, 2.24) is 4.98 Å². The van der Waals surface area contributed by atoms with Crippen LogP contribution in [-0.2, 0) is 0 Å². The molecule has 5 heteroatoms. The molecule has 0 radical (unpaired) electrons. The lowest BCUT2D eigenvalue weighted by atomic mass is 10.3. The molecule has 0 bridgehead atoms. The second-order valence-corrected chi connectivity index (χ2v) is 4.56. The first kappa shape index (κ1) is 11.1. The van der Waals surface area contributed by atoms with Crippen molar-refractivity contribution in [2.45, 2.75) is 0 Å². The van der Waals surface area contributed by atoms with E-state index in [1.54, 1.807) is 6.07 Å². The monoisotopic (exact) mass is 304 g/mol. The van der Waals surface area contributed by atoms with Gasteiger partial charge in [-0.15, -0.1) is 0 Å². The fourth-order valence-corrected chi connectivity index (χ4v) is 2.08. The molecule has 3 aromatic rings. The quantitative estimate of drug-likeness (QED) is 0.728. The maximum Gasteiger partial charge on any atom is 0.400 e. The van der Waals surface area contributed by atoms with Gasteiger partial charge in [0, 0.05) is 0 Å². The molecule has 0 aliphatic heterocycles. The number of hydrogen-bond acceptors (Lipinski definition) is 4. The minimum Gasteiger partial charge on any atom is -0.409 e. The molecule has 1 aromatic heterocycles. The number of nitrogens with zero attached hydrogens (tertiary/aromatic N) is 1. The largest absolute Gasteiger partial charge is 0.409 e. The number of oxazole rings is 1. The molecule has 0 aliphatic rings. The van der Waals surface area contributed by atoms with E-state index in [0.717, 1.165) is 9.99 Å². The van der Waals surface area contributed by atoms with Crippen molar-refractivity contribution < 1.29 is 9.15 Å². The molecule has 2 aromatic carbocycles. The van der Waals surface area contributed by atoms with E-state index in [4.69, 9.17) is 14.9 Å². The van der Waals surface area contributed by atoms with Gasteiger partial charge in [-0.2, -0.15) is 4.98 Å². The van der Waals surface area contributed by atoms with Crippen molar-refractivity contribution in [3.8, 4) is 11.8 Å². The number of benzene rings is 2. The lowest BCUT2D eigenvalue weighted by Gasteiger charge is -2.05. The molecular formula is C13H9BrN2O2. The van der Waals surface area contributed by atoms with Gasteiger partial charge in [0.25, 0.3) is 0 Å². The maximum atomic E-state index is 5.84. The highest BCUT2D eigenvalue weighted by Gasteiger charge is 2.11. The van der Waals surface area contributed by atoms with Crippen LogP contribution in [0.25, 0.3) is 11.1 Å². The Labute approximate surface area is 112 Å². The zero-order chi connectivity index (χ0) is 12.5. The Bertz CT molecular complexity index is 656. The van der Waals surface area contributed by atoms with Crippen LogP contribution >= 0.6 is 15.9 Å².